The van der Waals surface area contributed by atoms with Crippen LogP contribution in [-0.4, -0.2) is 24.2 Å². The fourth-order valence-corrected chi connectivity index (χ4v) is 2.27. The molecule has 0 bridgehead atoms. The van der Waals surface area contributed by atoms with E-state index < -0.39 is 0 Å². The first kappa shape index (κ1) is 14.5. The standard InChI is InChI=1S/C16H15ClN2O3/c1-20-14-7-12-13(8-15(14)21-2)19-16(18-12)9-22-11-5-3-10(17)4-6-11/h3-8H,9H2,1-2H3,(H,18,19). The number of halogens is 1. The summed E-state index contributed by atoms with van der Waals surface area (Å²) in [6.07, 6.45) is 0. The Bertz CT molecular complexity index is 743. The summed E-state index contributed by atoms with van der Waals surface area (Å²) < 4.78 is 16.2. The molecule has 3 aromatic rings. The van der Waals surface area contributed by atoms with Crippen LogP contribution in [0.25, 0.3) is 11.0 Å². The Balaban J connectivity index is 1.81. The lowest BCUT2D eigenvalue weighted by atomic mass is 10.3. The van der Waals surface area contributed by atoms with Crippen LogP contribution < -0.4 is 14.2 Å². The summed E-state index contributed by atoms with van der Waals surface area (Å²) in [5, 5.41) is 0.676. The number of fused-ring (bicyclic) bond motifs is 1. The smallest absolute Gasteiger partial charge is 0.163 e. The molecule has 6 heteroatoms. The summed E-state index contributed by atoms with van der Waals surface area (Å²) in [4.78, 5) is 7.69. The third-order valence-corrected chi connectivity index (χ3v) is 3.48. The maximum atomic E-state index is 5.84. The lowest BCUT2D eigenvalue weighted by Crippen LogP contribution is -1.97. The molecular formula is C16H15ClN2O3. The van der Waals surface area contributed by atoms with Crippen molar-refractivity contribution in [2.24, 2.45) is 0 Å². The molecule has 1 heterocycles. The van der Waals surface area contributed by atoms with E-state index >= 15 is 0 Å². The molecule has 0 aliphatic rings. The Kier molecular flexibility index (Phi) is 4.06. The molecule has 1 N–H and O–H groups in total. The Hall–Kier alpha value is -2.40. The molecule has 114 valence electrons. The minimum Gasteiger partial charge on any atom is -0.493 e. The fraction of sp³-hybridized carbons (Fsp3) is 0.188. The van der Waals surface area contributed by atoms with E-state index in [4.69, 9.17) is 25.8 Å². The predicted octanol–water partition coefficient (Wildman–Crippen LogP) is 3.81. The van der Waals surface area contributed by atoms with Crippen LogP contribution in [0.2, 0.25) is 5.02 Å². The molecular weight excluding hydrogens is 304 g/mol. The van der Waals surface area contributed by atoms with Gasteiger partial charge in [0.2, 0.25) is 0 Å². The molecule has 1 aromatic heterocycles. The van der Waals surface area contributed by atoms with Crippen molar-refractivity contribution < 1.29 is 14.2 Å². The van der Waals surface area contributed by atoms with Gasteiger partial charge in [0.1, 0.15) is 18.2 Å². The molecule has 22 heavy (non-hydrogen) atoms. The van der Waals surface area contributed by atoms with Crippen molar-refractivity contribution in [3.63, 3.8) is 0 Å². The number of hydrogen-bond acceptors (Lipinski definition) is 4. The van der Waals surface area contributed by atoms with Crippen molar-refractivity contribution in [3.8, 4) is 17.2 Å². The highest BCUT2D eigenvalue weighted by molar-refractivity contribution is 6.30. The Morgan fingerprint density at radius 2 is 1.73 bits per heavy atom. The lowest BCUT2D eigenvalue weighted by molar-refractivity contribution is 0.297. The normalized spacial score (nSPS) is 10.7. The second-order valence-corrected chi connectivity index (χ2v) is 5.09. The van der Waals surface area contributed by atoms with E-state index in [1.54, 1.807) is 26.4 Å². The van der Waals surface area contributed by atoms with Gasteiger partial charge in [0, 0.05) is 17.2 Å². The van der Waals surface area contributed by atoms with Gasteiger partial charge in [-0.3, -0.25) is 0 Å². The third-order valence-electron chi connectivity index (χ3n) is 3.23. The SMILES string of the molecule is COc1cc2nc(COc3ccc(Cl)cc3)[nH]c2cc1OC. The molecule has 0 unspecified atom stereocenters. The van der Waals surface area contributed by atoms with Crippen molar-refractivity contribution in [1.82, 2.24) is 9.97 Å². The fourth-order valence-electron chi connectivity index (χ4n) is 2.14. The Labute approximate surface area is 132 Å². The number of ether oxygens (including phenoxy) is 3. The summed E-state index contributed by atoms with van der Waals surface area (Å²) in [6.45, 7) is 0.334. The Morgan fingerprint density at radius 1 is 1.05 bits per heavy atom. The van der Waals surface area contributed by atoms with E-state index in [2.05, 4.69) is 9.97 Å². The molecule has 0 aliphatic carbocycles. The third kappa shape index (κ3) is 2.94. The van der Waals surface area contributed by atoms with Crippen molar-refractivity contribution in [2.45, 2.75) is 6.61 Å². The first-order valence-corrected chi connectivity index (χ1v) is 7.06. The van der Waals surface area contributed by atoms with Gasteiger partial charge < -0.3 is 19.2 Å². The van der Waals surface area contributed by atoms with Crippen LogP contribution >= 0.6 is 11.6 Å². The number of methoxy groups -OCH3 is 2. The molecule has 0 fully saturated rings. The van der Waals surface area contributed by atoms with E-state index in [-0.39, 0.29) is 0 Å². The summed E-state index contributed by atoms with van der Waals surface area (Å²) in [7, 11) is 3.20. The number of rotatable bonds is 5. The van der Waals surface area contributed by atoms with Crippen LogP contribution in [0.4, 0.5) is 0 Å². The maximum absolute atomic E-state index is 5.84. The number of aromatic nitrogens is 2. The summed E-state index contributed by atoms with van der Waals surface area (Å²) in [5.74, 6) is 2.76. The van der Waals surface area contributed by atoms with Gasteiger partial charge in [0.05, 0.1) is 25.3 Å². The number of nitrogens with zero attached hydrogens (tertiary/aromatic N) is 1. The van der Waals surface area contributed by atoms with Gasteiger partial charge in [-0.15, -0.1) is 0 Å². The maximum Gasteiger partial charge on any atom is 0.163 e. The minimum absolute atomic E-state index is 0.334. The van der Waals surface area contributed by atoms with Crippen LogP contribution in [0.5, 0.6) is 17.2 Å². The van der Waals surface area contributed by atoms with E-state index in [9.17, 15) is 0 Å². The zero-order valence-electron chi connectivity index (χ0n) is 12.2. The number of hydrogen-bond donors (Lipinski definition) is 1. The average molecular weight is 319 g/mol. The Morgan fingerprint density at radius 3 is 2.41 bits per heavy atom. The highest BCUT2D eigenvalue weighted by atomic mass is 35.5. The summed E-state index contributed by atoms with van der Waals surface area (Å²) in [5.41, 5.74) is 1.67. The largest absolute Gasteiger partial charge is 0.493 e. The van der Waals surface area contributed by atoms with Crippen LogP contribution in [0.3, 0.4) is 0 Å². The van der Waals surface area contributed by atoms with E-state index in [1.807, 2.05) is 24.3 Å². The van der Waals surface area contributed by atoms with E-state index in [0.29, 0.717) is 23.1 Å². The van der Waals surface area contributed by atoms with Crippen molar-refractivity contribution in [2.75, 3.05) is 14.2 Å². The molecule has 0 aliphatic heterocycles. The summed E-state index contributed by atoms with van der Waals surface area (Å²) in [6, 6.07) is 10.9. The monoisotopic (exact) mass is 318 g/mol. The quantitative estimate of drug-likeness (QED) is 0.777. The van der Waals surface area contributed by atoms with Crippen LogP contribution in [0.15, 0.2) is 36.4 Å². The molecule has 0 saturated heterocycles. The van der Waals surface area contributed by atoms with Gasteiger partial charge in [-0.2, -0.15) is 0 Å². The van der Waals surface area contributed by atoms with Crippen molar-refractivity contribution in [3.05, 3.63) is 47.2 Å². The zero-order chi connectivity index (χ0) is 15.5. The van der Waals surface area contributed by atoms with Gasteiger partial charge in [0.15, 0.2) is 11.5 Å². The highest BCUT2D eigenvalue weighted by Gasteiger charge is 2.10. The minimum atomic E-state index is 0.334. The van der Waals surface area contributed by atoms with E-state index in [0.717, 1.165) is 22.6 Å². The molecule has 2 aromatic carbocycles. The van der Waals surface area contributed by atoms with Gasteiger partial charge in [0.25, 0.3) is 0 Å². The molecule has 0 amide bonds. The predicted molar refractivity (Wildman–Crippen MR) is 85.0 cm³/mol. The number of aromatic amines is 1. The van der Waals surface area contributed by atoms with Crippen molar-refractivity contribution in [1.29, 1.82) is 0 Å². The molecule has 0 radical (unpaired) electrons. The summed E-state index contributed by atoms with van der Waals surface area (Å²) >= 11 is 5.84. The topological polar surface area (TPSA) is 56.4 Å². The number of benzene rings is 2. The molecule has 3 rings (SSSR count). The van der Waals surface area contributed by atoms with Crippen molar-refractivity contribution >= 4 is 22.6 Å². The molecule has 0 spiro atoms. The zero-order valence-corrected chi connectivity index (χ0v) is 13.0. The highest BCUT2D eigenvalue weighted by Crippen LogP contribution is 2.31. The number of imidazole rings is 1. The van der Waals surface area contributed by atoms with Gasteiger partial charge in [-0.25, -0.2) is 4.98 Å². The van der Waals surface area contributed by atoms with E-state index in [1.165, 1.54) is 0 Å². The molecule has 0 atom stereocenters. The van der Waals surface area contributed by atoms with Crippen LogP contribution in [-0.2, 0) is 6.61 Å². The number of nitrogens with one attached hydrogen (secondary N) is 1. The number of H-pyrrole nitrogens is 1. The lowest BCUT2D eigenvalue weighted by Gasteiger charge is -2.06. The first-order chi connectivity index (χ1) is 10.7. The van der Waals surface area contributed by atoms with Gasteiger partial charge in [-0.05, 0) is 24.3 Å². The average Bonchev–Trinajstić information content (AvgIpc) is 2.94. The molecule has 0 saturated carbocycles. The van der Waals surface area contributed by atoms with Crippen LogP contribution in [0, 0.1) is 0 Å². The first-order valence-electron chi connectivity index (χ1n) is 6.68. The second kappa shape index (κ2) is 6.15. The van der Waals surface area contributed by atoms with Gasteiger partial charge in [-0.1, -0.05) is 11.6 Å². The second-order valence-electron chi connectivity index (χ2n) is 4.65. The van der Waals surface area contributed by atoms with Crippen LogP contribution in [0.1, 0.15) is 5.82 Å². The van der Waals surface area contributed by atoms with Gasteiger partial charge >= 0.3 is 0 Å². The molecule has 5 nitrogen and oxygen atoms in total.